The first-order valence-electron chi connectivity index (χ1n) is 6.75. The molecule has 20 heavy (non-hydrogen) atoms. The molecule has 1 saturated carbocycles. The number of hydrogen-bond acceptors (Lipinski definition) is 3. The van der Waals surface area contributed by atoms with Gasteiger partial charge in [-0.3, -0.25) is 4.79 Å². The van der Waals surface area contributed by atoms with Gasteiger partial charge >= 0.3 is 0 Å². The third-order valence-corrected chi connectivity index (χ3v) is 3.52. The molecule has 4 nitrogen and oxygen atoms in total. The van der Waals surface area contributed by atoms with E-state index < -0.39 is 0 Å². The van der Waals surface area contributed by atoms with Gasteiger partial charge in [0, 0.05) is 11.6 Å². The maximum atomic E-state index is 12.8. The first-order valence-corrected chi connectivity index (χ1v) is 6.75. The van der Waals surface area contributed by atoms with Crippen LogP contribution in [0.1, 0.15) is 36.2 Å². The summed E-state index contributed by atoms with van der Waals surface area (Å²) in [7, 11) is 0. The second-order valence-corrected chi connectivity index (χ2v) is 5.00. The van der Waals surface area contributed by atoms with E-state index >= 15 is 0 Å². The zero-order valence-electron chi connectivity index (χ0n) is 10.9. The summed E-state index contributed by atoms with van der Waals surface area (Å²) in [5.74, 6) is -0.213. The lowest BCUT2D eigenvalue weighted by atomic mass is 10.2. The van der Waals surface area contributed by atoms with Crippen LogP contribution < -0.4 is 5.32 Å². The smallest absolute Gasteiger partial charge is 0.273 e. The molecule has 104 valence electrons. The van der Waals surface area contributed by atoms with Gasteiger partial charge in [0.2, 0.25) is 5.89 Å². The molecule has 1 N–H and O–H groups in total. The van der Waals surface area contributed by atoms with Gasteiger partial charge in [0.25, 0.3) is 5.91 Å². The Morgan fingerprint density at radius 2 is 1.95 bits per heavy atom. The van der Waals surface area contributed by atoms with E-state index in [2.05, 4.69) is 10.3 Å². The fourth-order valence-electron chi connectivity index (χ4n) is 2.43. The van der Waals surface area contributed by atoms with Gasteiger partial charge in [-0.15, -0.1) is 0 Å². The van der Waals surface area contributed by atoms with Crippen molar-refractivity contribution in [3.05, 3.63) is 42.0 Å². The van der Waals surface area contributed by atoms with Gasteiger partial charge in [-0.25, -0.2) is 9.37 Å². The average Bonchev–Trinajstić information content (AvgIpc) is 3.10. The van der Waals surface area contributed by atoms with Gasteiger partial charge in [-0.1, -0.05) is 12.8 Å². The lowest BCUT2D eigenvalue weighted by Crippen LogP contribution is -2.32. The van der Waals surface area contributed by atoms with Gasteiger partial charge in [-0.2, -0.15) is 0 Å². The number of aromatic nitrogens is 1. The van der Waals surface area contributed by atoms with E-state index in [1.807, 2.05) is 0 Å². The topological polar surface area (TPSA) is 55.1 Å². The van der Waals surface area contributed by atoms with Crippen molar-refractivity contribution in [2.75, 3.05) is 0 Å². The number of oxazole rings is 1. The highest BCUT2D eigenvalue weighted by Crippen LogP contribution is 2.20. The number of carbonyl (C=O) groups excluding carboxylic acids is 1. The highest BCUT2D eigenvalue weighted by Gasteiger charge is 2.20. The van der Waals surface area contributed by atoms with Gasteiger partial charge < -0.3 is 9.73 Å². The highest BCUT2D eigenvalue weighted by atomic mass is 19.1. The molecule has 5 heteroatoms. The highest BCUT2D eigenvalue weighted by molar-refractivity contribution is 5.92. The summed E-state index contributed by atoms with van der Waals surface area (Å²) in [6, 6.07) is 6.04. The van der Waals surface area contributed by atoms with Crippen LogP contribution in [-0.2, 0) is 0 Å². The second kappa shape index (κ2) is 5.45. The van der Waals surface area contributed by atoms with Crippen molar-refractivity contribution in [3.63, 3.8) is 0 Å². The molecule has 0 aliphatic heterocycles. The molecule has 2 aromatic rings. The number of carbonyl (C=O) groups is 1. The molecule has 0 bridgehead atoms. The first kappa shape index (κ1) is 12.8. The predicted molar refractivity (Wildman–Crippen MR) is 71.6 cm³/mol. The van der Waals surface area contributed by atoms with Crippen LogP contribution in [0.3, 0.4) is 0 Å². The molecule has 0 atom stereocenters. The monoisotopic (exact) mass is 274 g/mol. The summed E-state index contributed by atoms with van der Waals surface area (Å²) in [6.07, 6.45) is 5.70. The molecule has 1 aromatic carbocycles. The standard InChI is InChI=1S/C15H15FN2O2/c16-11-7-5-10(6-8-11)15-18-13(9-20-15)14(19)17-12-3-1-2-4-12/h5-9,12H,1-4H2,(H,17,19). The van der Waals surface area contributed by atoms with Crippen LogP contribution in [0.4, 0.5) is 4.39 Å². The summed E-state index contributed by atoms with van der Waals surface area (Å²) >= 11 is 0. The number of rotatable bonds is 3. The van der Waals surface area contributed by atoms with Gasteiger partial charge in [0.1, 0.15) is 12.1 Å². The van der Waals surface area contributed by atoms with E-state index in [1.54, 1.807) is 12.1 Å². The van der Waals surface area contributed by atoms with E-state index in [0.29, 0.717) is 11.5 Å². The molecule has 0 spiro atoms. The van der Waals surface area contributed by atoms with E-state index in [4.69, 9.17) is 4.42 Å². The van der Waals surface area contributed by atoms with Crippen molar-refractivity contribution >= 4 is 5.91 Å². The van der Waals surface area contributed by atoms with Crippen molar-refractivity contribution < 1.29 is 13.6 Å². The largest absolute Gasteiger partial charge is 0.444 e. The van der Waals surface area contributed by atoms with E-state index in [9.17, 15) is 9.18 Å². The summed E-state index contributed by atoms with van der Waals surface area (Å²) in [5, 5.41) is 2.95. The fraction of sp³-hybridized carbons (Fsp3) is 0.333. The van der Waals surface area contributed by atoms with Crippen LogP contribution >= 0.6 is 0 Å². The summed E-state index contributed by atoms with van der Waals surface area (Å²) < 4.78 is 18.1. The van der Waals surface area contributed by atoms with Crippen LogP contribution in [0, 0.1) is 5.82 Å². The number of amides is 1. The minimum Gasteiger partial charge on any atom is -0.444 e. The van der Waals surface area contributed by atoms with Crippen molar-refractivity contribution in [2.45, 2.75) is 31.7 Å². The average molecular weight is 274 g/mol. The molecule has 1 amide bonds. The van der Waals surface area contributed by atoms with Crippen LogP contribution in [0.15, 0.2) is 34.9 Å². The van der Waals surface area contributed by atoms with Crippen molar-refractivity contribution in [2.24, 2.45) is 0 Å². The summed E-state index contributed by atoms with van der Waals surface area (Å²) in [6.45, 7) is 0. The molecule has 1 aliphatic carbocycles. The van der Waals surface area contributed by atoms with E-state index in [1.165, 1.54) is 18.4 Å². The molecule has 0 unspecified atom stereocenters. The van der Waals surface area contributed by atoms with Crippen molar-refractivity contribution in [1.82, 2.24) is 10.3 Å². The Hall–Kier alpha value is -2.17. The Bertz CT molecular complexity index is 601. The lowest BCUT2D eigenvalue weighted by Gasteiger charge is -2.09. The maximum absolute atomic E-state index is 12.8. The van der Waals surface area contributed by atoms with Gasteiger partial charge in [-0.05, 0) is 37.1 Å². The van der Waals surface area contributed by atoms with Crippen LogP contribution in [-0.4, -0.2) is 16.9 Å². The number of nitrogens with one attached hydrogen (secondary N) is 1. The molecule has 1 aromatic heterocycles. The maximum Gasteiger partial charge on any atom is 0.273 e. The van der Waals surface area contributed by atoms with Crippen LogP contribution in [0.2, 0.25) is 0 Å². The number of nitrogens with zero attached hydrogens (tertiary/aromatic N) is 1. The molecular weight excluding hydrogens is 259 g/mol. The first-order chi connectivity index (χ1) is 9.72. The molecule has 1 fully saturated rings. The fourth-order valence-corrected chi connectivity index (χ4v) is 2.43. The van der Waals surface area contributed by atoms with Gasteiger partial charge in [0.15, 0.2) is 5.69 Å². The summed E-state index contributed by atoms with van der Waals surface area (Å²) in [5.41, 5.74) is 0.905. The third kappa shape index (κ3) is 2.71. The van der Waals surface area contributed by atoms with Crippen molar-refractivity contribution in [3.8, 4) is 11.5 Å². The zero-order chi connectivity index (χ0) is 13.9. The summed E-state index contributed by atoms with van der Waals surface area (Å²) in [4.78, 5) is 16.2. The Labute approximate surface area is 116 Å². The lowest BCUT2D eigenvalue weighted by molar-refractivity contribution is 0.0933. The van der Waals surface area contributed by atoms with E-state index in [-0.39, 0.29) is 23.5 Å². The normalized spacial score (nSPS) is 15.4. The Morgan fingerprint density at radius 3 is 2.65 bits per heavy atom. The zero-order valence-corrected chi connectivity index (χ0v) is 10.9. The number of halogens is 1. The number of benzene rings is 1. The Morgan fingerprint density at radius 1 is 1.25 bits per heavy atom. The molecule has 1 heterocycles. The van der Waals surface area contributed by atoms with Crippen LogP contribution in [0.25, 0.3) is 11.5 Å². The van der Waals surface area contributed by atoms with E-state index in [0.717, 1.165) is 25.7 Å². The SMILES string of the molecule is O=C(NC1CCCC1)c1coc(-c2ccc(F)cc2)n1. The number of hydrogen-bond donors (Lipinski definition) is 1. The van der Waals surface area contributed by atoms with Crippen LogP contribution in [0.5, 0.6) is 0 Å². The predicted octanol–water partition coefficient (Wildman–Crippen LogP) is 3.15. The van der Waals surface area contributed by atoms with Crippen molar-refractivity contribution in [1.29, 1.82) is 0 Å². The molecule has 0 radical (unpaired) electrons. The Kier molecular flexibility index (Phi) is 3.50. The Balaban J connectivity index is 1.72. The molecule has 3 rings (SSSR count). The quantitative estimate of drug-likeness (QED) is 0.935. The second-order valence-electron chi connectivity index (χ2n) is 5.00. The molecule has 0 saturated heterocycles. The van der Waals surface area contributed by atoms with Gasteiger partial charge in [0.05, 0.1) is 0 Å². The molecule has 1 aliphatic rings. The minimum absolute atomic E-state index is 0.214. The minimum atomic E-state index is -0.320. The third-order valence-electron chi connectivity index (χ3n) is 3.52. The molecular formula is C15H15FN2O2.